The molecule has 0 aliphatic rings. The van der Waals surface area contributed by atoms with Gasteiger partial charge in [0.05, 0.1) is 6.61 Å². The zero-order valence-electron chi connectivity index (χ0n) is 14.0. The highest BCUT2D eigenvalue weighted by Crippen LogP contribution is 2.15. The van der Waals surface area contributed by atoms with E-state index < -0.39 is 0 Å². The Hall–Kier alpha value is -3.12. The van der Waals surface area contributed by atoms with E-state index in [1.807, 2.05) is 12.1 Å². The molecular weight excluding hydrogens is 318 g/mol. The Labute approximate surface area is 146 Å². The quantitative estimate of drug-likeness (QED) is 0.677. The second kappa shape index (κ2) is 9.24. The van der Waals surface area contributed by atoms with Gasteiger partial charge in [0.1, 0.15) is 0 Å². The molecule has 0 atom stereocenters. The lowest BCUT2D eigenvalue weighted by Gasteiger charge is -2.09. The molecule has 0 aliphatic carbocycles. The Bertz CT molecular complexity index is 742. The number of ether oxygens (including phenoxy) is 1. The highest BCUT2D eigenvalue weighted by molar-refractivity contribution is 6.04. The van der Waals surface area contributed by atoms with Crippen molar-refractivity contribution in [2.24, 2.45) is 0 Å². The van der Waals surface area contributed by atoms with Crippen LogP contribution in [0.4, 0.5) is 16.2 Å². The minimum atomic E-state index is -0.313. The summed E-state index contributed by atoms with van der Waals surface area (Å²) in [5.41, 5.74) is 2.75. The minimum absolute atomic E-state index is 0.206. The zero-order chi connectivity index (χ0) is 18.1. The van der Waals surface area contributed by atoms with Gasteiger partial charge in [-0.15, -0.1) is 6.58 Å². The molecule has 6 heteroatoms. The Kier molecular flexibility index (Phi) is 6.74. The van der Waals surface area contributed by atoms with Crippen LogP contribution >= 0.6 is 0 Å². The van der Waals surface area contributed by atoms with E-state index in [4.69, 9.17) is 4.74 Å². The summed E-state index contributed by atoms with van der Waals surface area (Å²) in [5.74, 6) is -0.206. The van der Waals surface area contributed by atoms with E-state index in [2.05, 4.69) is 22.5 Å². The molecular formula is C19H21N3O3. The third-order valence-electron chi connectivity index (χ3n) is 3.31. The molecule has 0 fully saturated rings. The number of anilines is 2. The topological polar surface area (TPSA) is 79.5 Å². The summed E-state index contributed by atoms with van der Waals surface area (Å²) in [6.07, 6.45) is 1.60. The average Bonchev–Trinajstić information content (AvgIpc) is 2.62. The second-order valence-corrected chi connectivity index (χ2v) is 5.29. The largest absolute Gasteiger partial charge is 0.380 e. The van der Waals surface area contributed by atoms with Gasteiger partial charge in [-0.1, -0.05) is 18.2 Å². The van der Waals surface area contributed by atoms with Gasteiger partial charge in [0.25, 0.3) is 5.91 Å². The van der Waals surface area contributed by atoms with Crippen LogP contribution in [0.5, 0.6) is 0 Å². The Morgan fingerprint density at radius 3 is 2.40 bits per heavy atom. The van der Waals surface area contributed by atoms with E-state index in [9.17, 15) is 9.59 Å². The smallest absolute Gasteiger partial charge is 0.319 e. The SMILES string of the molecule is C=CCNC(=O)Nc1ccc(NC(=O)c2cccc(COC)c2)cc1. The molecule has 25 heavy (non-hydrogen) atoms. The fourth-order valence-corrected chi connectivity index (χ4v) is 2.15. The van der Waals surface area contributed by atoms with Crippen LogP contribution in [-0.4, -0.2) is 25.6 Å². The van der Waals surface area contributed by atoms with E-state index >= 15 is 0 Å². The van der Waals surface area contributed by atoms with Gasteiger partial charge in [0.2, 0.25) is 0 Å². The molecule has 0 bridgehead atoms. The van der Waals surface area contributed by atoms with Crippen LogP contribution in [0.25, 0.3) is 0 Å². The molecule has 0 aromatic heterocycles. The molecule has 3 N–H and O–H groups in total. The maximum absolute atomic E-state index is 12.3. The standard InChI is InChI=1S/C19H21N3O3/c1-3-11-20-19(24)22-17-9-7-16(8-10-17)21-18(23)15-6-4-5-14(12-15)13-25-2/h3-10,12H,1,11,13H2,2H3,(H,21,23)(H2,20,22,24). The first-order chi connectivity index (χ1) is 12.1. The number of amides is 3. The van der Waals surface area contributed by atoms with Crippen molar-refractivity contribution >= 4 is 23.3 Å². The maximum atomic E-state index is 12.3. The van der Waals surface area contributed by atoms with Gasteiger partial charge >= 0.3 is 6.03 Å². The van der Waals surface area contributed by atoms with Crippen LogP contribution in [-0.2, 0) is 11.3 Å². The molecule has 6 nitrogen and oxygen atoms in total. The van der Waals surface area contributed by atoms with E-state index in [1.54, 1.807) is 49.6 Å². The van der Waals surface area contributed by atoms with Gasteiger partial charge in [-0.2, -0.15) is 0 Å². The zero-order valence-corrected chi connectivity index (χ0v) is 14.0. The fraction of sp³-hybridized carbons (Fsp3) is 0.158. The summed E-state index contributed by atoms with van der Waals surface area (Å²) in [7, 11) is 1.61. The van der Waals surface area contributed by atoms with Crippen molar-refractivity contribution in [2.75, 3.05) is 24.3 Å². The number of rotatable bonds is 7. The predicted octanol–water partition coefficient (Wildman–Crippen LogP) is 3.39. The summed E-state index contributed by atoms with van der Waals surface area (Å²) < 4.78 is 5.07. The molecule has 2 rings (SSSR count). The monoisotopic (exact) mass is 339 g/mol. The number of hydrogen-bond acceptors (Lipinski definition) is 3. The van der Waals surface area contributed by atoms with Crippen molar-refractivity contribution in [1.82, 2.24) is 5.32 Å². The van der Waals surface area contributed by atoms with Gasteiger partial charge in [0.15, 0.2) is 0 Å². The van der Waals surface area contributed by atoms with Gasteiger partial charge in [-0.25, -0.2) is 4.79 Å². The first-order valence-electron chi connectivity index (χ1n) is 7.77. The number of carbonyl (C=O) groups is 2. The van der Waals surface area contributed by atoms with E-state index in [0.717, 1.165) is 5.56 Å². The number of carbonyl (C=O) groups excluding carboxylic acids is 2. The summed E-state index contributed by atoms with van der Waals surface area (Å²) in [6, 6.07) is 13.8. The number of benzene rings is 2. The van der Waals surface area contributed by atoms with Crippen molar-refractivity contribution < 1.29 is 14.3 Å². The summed E-state index contributed by atoms with van der Waals surface area (Å²) >= 11 is 0. The normalized spacial score (nSPS) is 9.96. The molecule has 0 spiro atoms. The van der Waals surface area contributed by atoms with Gasteiger partial charge < -0.3 is 20.7 Å². The van der Waals surface area contributed by atoms with E-state index in [1.165, 1.54) is 0 Å². The molecule has 2 aromatic rings. The third kappa shape index (κ3) is 5.78. The summed E-state index contributed by atoms with van der Waals surface area (Å²) in [6.45, 7) is 4.37. The van der Waals surface area contributed by atoms with Crippen molar-refractivity contribution in [3.63, 3.8) is 0 Å². The highest BCUT2D eigenvalue weighted by atomic mass is 16.5. The molecule has 3 amide bonds. The van der Waals surface area contributed by atoms with Crippen molar-refractivity contribution in [3.8, 4) is 0 Å². The molecule has 0 heterocycles. The first kappa shape index (κ1) is 18.2. The van der Waals surface area contributed by atoms with Gasteiger partial charge in [-0.05, 0) is 42.0 Å². The van der Waals surface area contributed by atoms with Crippen LogP contribution in [0, 0.1) is 0 Å². The lowest BCUT2D eigenvalue weighted by molar-refractivity contribution is 0.102. The Morgan fingerprint density at radius 2 is 1.76 bits per heavy atom. The van der Waals surface area contributed by atoms with E-state index in [-0.39, 0.29) is 11.9 Å². The van der Waals surface area contributed by atoms with Crippen LogP contribution in [0.2, 0.25) is 0 Å². The highest BCUT2D eigenvalue weighted by Gasteiger charge is 2.07. The Balaban J connectivity index is 1.96. The van der Waals surface area contributed by atoms with Crippen molar-refractivity contribution in [3.05, 3.63) is 72.3 Å². The lowest BCUT2D eigenvalue weighted by atomic mass is 10.1. The lowest BCUT2D eigenvalue weighted by Crippen LogP contribution is -2.28. The van der Waals surface area contributed by atoms with Crippen LogP contribution in [0.3, 0.4) is 0 Å². The average molecular weight is 339 g/mol. The molecule has 2 aromatic carbocycles. The van der Waals surface area contributed by atoms with Crippen LogP contribution < -0.4 is 16.0 Å². The minimum Gasteiger partial charge on any atom is -0.380 e. The molecule has 0 unspecified atom stereocenters. The Morgan fingerprint density at radius 1 is 1.08 bits per heavy atom. The number of urea groups is 1. The van der Waals surface area contributed by atoms with E-state index in [0.29, 0.717) is 30.1 Å². The second-order valence-electron chi connectivity index (χ2n) is 5.29. The van der Waals surface area contributed by atoms with Crippen LogP contribution in [0.1, 0.15) is 15.9 Å². The third-order valence-corrected chi connectivity index (χ3v) is 3.31. The summed E-state index contributed by atoms with van der Waals surface area (Å²) in [4.78, 5) is 23.9. The van der Waals surface area contributed by atoms with Crippen LogP contribution in [0.15, 0.2) is 61.2 Å². The summed E-state index contributed by atoms with van der Waals surface area (Å²) in [5, 5.41) is 8.12. The fourth-order valence-electron chi connectivity index (χ4n) is 2.15. The molecule has 0 aliphatic heterocycles. The molecule has 0 radical (unpaired) electrons. The molecule has 130 valence electrons. The van der Waals surface area contributed by atoms with Gasteiger partial charge in [-0.3, -0.25) is 4.79 Å². The maximum Gasteiger partial charge on any atom is 0.319 e. The molecule has 0 saturated heterocycles. The predicted molar refractivity (Wildman–Crippen MR) is 98.8 cm³/mol. The molecule has 0 saturated carbocycles. The first-order valence-corrected chi connectivity index (χ1v) is 7.77. The van der Waals surface area contributed by atoms with Crippen molar-refractivity contribution in [2.45, 2.75) is 6.61 Å². The van der Waals surface area contributed by atoms with Gasteiger partial charge in [0, 0.05) is 30.6 Å². The van der Waals surface area contributed by atoms with Crippen molar-refractivity contribution in [1.29, 1.82) is 0 Å². The number of hydrogen-bond donors (Lipinski definition) is 3. The number of methoxy groups -OCH3 is 1. The number of nitrogens with one attached hydrogen (secondary N) is 3.